The Morgan fingerprint density at radius 3 is 1.93 bits per heavy atom. The molecule has 1 spiro atoms. The van der Waals surface area contributed by atoms with Crippen molar-refractivity contribution in [3.8, 4) is 0 Å². The SMILES string of the molecule is NC(=O)[C@@H]1CNC(=O)c2ccccc2C(=O)NC2(CCC(c3ccccc3)CC2)C(=O)N[C@H](Cc2ccccc2)C(=O)N[C@@H](CCCN=C(N)N)C(=O)N[C@@H](Cc2c[nH]c3ccccc23)C(=O)N1. The van der Waals surface area contributed by atoms with Crippen molar-refractivity contribution >= 4 is 58.2 Å². The average Bonchev–Trinajstić information content (AvgIpc) is 3.75. The third kappa shape index (κ3) is 11.9. The molecule has 7 amide bonds. The number of carbonyl (C=O) groups excluding carboxylic acids is 7. The minimum absolute atomic E-state index is 0.000520. The van der Waals surface area contributed by atoms with E-state index >= 15 is 4.79 Å². The summed E-state index contributed by atoms with van der Waals surface area (Å²) in [7, 11) is 0. The molecule has 0 saturated heterocycles. The highest BCUT2D eigenvalue weighted by Gasteiger charge is 2.45. The van der Waals surface area contributed by atoms with Crippen LogP contribution >= 0.6 is 0 Å². The molecular formula is C50H57N11O7. The number of benzene rings is 4. The van der Waals surface area contributed by atoms with Crippen molar-refractivity contribution in [2.24, 2.45) is 22.2 Å². The van der Waals surface area contributed by atoms with Crippen molar-refractivity contribution in [1.29, 1.82) is 0 Å². The summed E-state index contributed by atoms with van der Waals surface area (Å²) in [5, 5.41) is 17.6. The second kappa shape index (κ2) is 22.0. The predicted molar refractivity (Wildman–Crippen MR) is 256 cm³/mol. The topological polar surface area (TPSA) is 298 Å². The number of amides is 7. The third-order valence-electron chi connectivity index (χ3n) is 12.7. The van der Waals surface area contributed by atoms with Gasteiger partial charge in [-0.1, -0.05) is 91.0 Å². The molecule has 68 heavy (non-hydrogen) atoms. The van der Waals surface area contributed by atoms with Crippen molar-refractivity contribution < 1.29 is 33.6 Å². The zero-order valence-corrected chi connectivity index (χ0v) is 37.5. The largest absolute Gasteiger partial charge is 0.370 e. The summed E-state index contributed by atoms with van der Waals surface area (Å²) in [4.78, 5) is 107. The highest BCUT2D eigenvalue weighted by Crippen LogP contribution is 2.39. The standard InChI is InChI=1S/C50H57N11O7/c51-42(62)41-29-56-43(63)35-17-7-8-18-36(35)44(64)61-50(23-21-32(22-24-50)31-14-5-2-6-15-31)48(68)60-39(26-30-12-3-1-4-13-30)46(66)57-38(20-11-25-54-49(52)53)45(65)58-40(47(67)59-41)27-33-28-55-37-19-10-9-16-34(33)37/h1-10,12-19,28,32,38-41,55H,11,20-27,29H2,(H2,51,62)(H,56,63)(H,57,66)(H,58,65)(H,59,67)(H,60,68)(H,61,64)(H4,52,53,54)/t32?,38-,39+,40-,41-,50?/m0/s1. The van der Waals surface area contributed by atoms with Crippen molar-refractivity contribution in [2.75, 3.05) is 13.1 Å². The lowest BCUT2D eigenvalue weighted by Gasteiger charge is -2.40. The first kappa shape index (κ1) is 47.9. The first-order chi connectivity index (χ1) is 32.8. The molecule has 0 unspecified atom stereocenters. The van der Waals surface area contributed by atoms with Gasteiger partial charge >= 0.3 is 0 Å². The highest BCUT2D eigenvalue weighted by atomic mass is 16.2. The molecule has 354 valence electrons. The van der Waals surface area contributed by atoms with E-state index in [2.05, 4.69) is 41.9 Å². The molecule has 18 nitrogen and oxygen atoms in total. The minimum Gasteiger partial charge on any atom is -0.370 e. The number of aromatic nitrogens is 1. The molecule has 13 N–H and O–H groups in total. The summed E-state index contributed by atoms with van der Waals surface area (Å²) < 4.78 is 0. The Labute approximate surface area is 393 Å². The van der Waals surface area contributed by atoms with Gasteiger partial charge in [0, 0.05) is 43.0 Å². The summed E-state index contributed by atoms with van der Waals surface area (Å²) in [6, 6.07) is 26.8. The molecule has 0 bridgehead atoms. The van der Waals surface area contributed by atoms with Crippen LogP contribution in [0, 0.1) is 0 Å². The van der Waals surface area contributed by atoms with Crippen molar-refractivity contribution in [1.82, 2.24) is 36.9 Å². The van der Waals surface area contributed by atoms with Gasteiger partial charge in [-0.2, -0.15) is 0 Å². The Bertz CT molecular complexity index is 2660. The third-order valence-corrected chi connectivity index (χ3v) is 12.7. The molecule has 1 fully saturated rings. The number of nitrogens with one attached hydrogen (secondary N) is 7. The number of nitrogens with two attached hydrogens (primary N) is 3. The zero-order valence-electron chi connectivity index (χ0n) is 37.5. The van der Waals surface area contributed by atoms with Gasteiger partial charge in [-0.15, -0.1) is 0 Å². The van der Waals surface area contributed by atoms with Crippen LogP contribution in [0.2, 0.25) is 0 Å². The molecule has 1 saturated carbocycles. The number of hydrogen-bond acceptors (Lipinski definition) is 8. The Morgan fingerprint density at radius 1 is 0.647 bits per heavy atom. The first-order valence-corrected chi connectivity index (χ1v) is 22.7. The number of aliphatic imine (C=N–C) groups is 1. The first-order valence-electron chi connectivity index (χ1n) is 22.7. The van der Waals surface area contributed by atoms with Crippen LogP contribution in [0.25, 0.3) is 10.9 Å². The molecule has 18 heteroatoms. The van der Waals surface area contributed by atoms with Crippen LogP contribution in [0.15, 0.2) is 120 Å². The van der Waals surface area contributed by atoms with Crippen LogP contribution in [0.4, 0.5) is 0 Å². The molecule has 4 atom stereocenters. The fourth-order valence-electron chi connectivity index (χ4n) is 8.93. The number of guanidine groups is 1. The Balaban J connectivity index is 1.29. The number of aromatic amines is 1. The van der Waals surface area contributed by atoms with E-state index in [0.29, 0.717) is 24.0 Å². The quantitative estimate of drug-likeness (QED) is 0.0553. The minimum atomic E-state index is -1.55. The summed E-state index contributed by atoms with van der Waals surface area (Å²) in [5.41, 5.74) is 18.5. The molecule has 0 radical (unpaired) electrons. The van der Waals surface area contributed by atoms with Crippen molar-refractivity contribution in [2.45, 2.75) is 87.0 Å². The number of H-pyrrole nitrogens is 1. The van der Waals surface area contributed by atoms with Gasteiger partial charge in [-0.05, 0) is 79.3 Å². The van der Waals surface area contributed by atoms with E-state index in [-0.39, 0.29) is 68.1 Å². The van der Waals surface area contributed by atoms with Crippen molar-refractivity contribution in [3.05, 3.63) is 143 Å². The molecule has 7 rings (SSSR count). The fourth-order valence-corrected chi connectivity index (χ4v) is 8.93. The van der Waals surface area contributed by atoms with Gasteiger partial charge in [0.15, 0.2) is 5.96 Å². The van der Waals surface area contributed by atoms with Crippen LogP contribution in [0.5, 0.6) is 0 Å². The lowest BCUT2D eigenvalue weighted by Crippen LogP contribution is -2.64. The molecular weight excluding hydrogens is 867 g/mol. The second-order valence-electron chi connectivity index (χ2n) is 17.3. The number of fused-ring (bicyclic) bond motifs is 2. The number of rotatable bonds is 10. The number of primary amides is 1. The molecule has 1 aliphatic heterocycles. The summed E-state index contributed by atoms with van der Waals surface area (Å²) in [5.74, 6) is -5.48. The average molecular weight is 924 g/mol. The van der Waals surface area contributed by atoms with E-state index in [9.17, 15) is 28.8 Å². The van der Waals surface area contributed by atoms with Gasteiger partial charge in [-0.25, -0.2) is 0 Å². The van der Waals surface area contributed by atoms with Crippen molar-refractivity contribution in [3.63, 3.8) is 0 Å². The number of para-hydroxylation sites is 1. The molecule has 4 aromatic carbocycles. The van der Waals surface area contributed by atoms with Crippen LogP contribution < -0.4 is 49.1 Å². The number of hydrogen-bond donors (Lipinski definition) is 10. The zero-order chi connectivity index (χ0) is 48.2. The highest BCUT2D eigenvalue weighted by molar-refractivity contribution is 6.09. The maximum Gasteiger partial charge on any atom is 0.252 e. The normalized spacial score (nSPS) is 23.1. The van der Waals surface area contributed by atoms with Gasteiger partial charge in [0.2, 0.25) is 29.5 Å². The van der Waals surface area contributed by atoms with E-state index in [1.54, 1.807) is 42.6 Å². The molecule has 2 heterocycles. The summed E-state index contributed by atoms with van der Waals surface area (Å²) in [6.45, 7) is -0.379. The van der Waals surface area contributed by atoms with E-state index in [1.165, 1.54) is 12.1 Å². The van der Waals surface area contributed by atoms with E-state index in [0.717, 1.165) is 16.5 Å². The lowest BCUT2D eigenvalue weighted by molar-refractivity contribution is -0.136. The van der Waals surface area contributed by atoms with Crippen LogP contribution in [0.1, 0.15) is 81.8 Å². The Kier molecular flexibility index (Phi) is 15.5. The maximum absolute atomic E-state index is 15.0. The van der Waals surface area contributed by atoms with Crippen LogP contribution in [-0.4, -0.2) is 95.1 Å². The predicted octanol–water partition coefficient (Wildman–Crippen LogP) is 1.70. The molecule has 2 aliphatic rings. The number of nitrogens with zero attached hydrogens (tertiary/aromatic N) is 1. The fraction of sp³-hybridized carbons (Fsp3) is 0.320. The van der Waals surface area contributed by atoms with E-state index < -0.39 is 77.6 Å². The van der Waals surface area contributed by atoms with E-state index in [4.69, 9.17) is 17.2 Å². The van der Waals surface area contributed by atoms with Gasteiger partial charge in [0.25, 0.3) is 11.8 Å². The van der Waals surface area contributed by atoms with Gasteiger partial charge in [0.05, 0.1) is 11.1 Å². The lowest BCUT2D eigenvalue weighted by atomic mass is 9.73. The van der Waals surface area contributed by atoms with Gasteiger partial charge in [-0.3, -0.25) is 38.6 Å². The molecule has 1 aromatic heterocycles. The second-order valence-corrected chi connectivity index (χ2v) is 17.3. The Hall–Kier alpha value is -8.02. The monoisotopic (exact) mass is 923 g/mol. The van der Waals surface area contributed by atoms with E-state index in [1.807, 2.05) is 60.7 Å². The van der Waals surface area contributed by atoms with Crippen LogP contribution in [-0.2, 0) is 36.8 Å². The van der Waals surface area contributed by atoms with Gasteiger partial charge in [0.1, 0.15) is 29.7 Å². The molecule has 1 aliphatic carbocycles. The summed E-state index contributed by atoms with van der Waals surface area (Å²) in [6.07, 6.45) is 3.23. The smallest absolute Gasteiger partial charge is 0.252 e. The van der Waals surface area contributed by atoms with Gasteiger partial charge < -0.3 is 54.1 Å². The number of carbonyl (C=O) groups is 7. The maximum atomic E-state index is 15.0. The Morgan fingerprint density at radius 2 is 1.24 bits per heavy atom. The summed E-state index contributed by atoms with van der Waals surface area (Å²) >= 11 is 0. The van der Waals surface area contributed by atoms with Crippen LogP contribution in [0.3, 0.4) is 0 Å². The molecule has 5 aromatic rings.